The smallest absolute Gasteiger partial charge is 0.322 e. The lowest BCUT2D eigenvalue weighted by Crippen LogP contribution is -2.08. The molecule has 20 heavy (non-hydrogen) atoms. The summed E-state index contributed by atoms with van der Waals surface area (Å²) in [5.74, 6) is 0.942. The highest BCUT2D eigenvalue weighted by atomic mass is 32.2. The third-order valence-corrected chi connectivity index (χ3v) is 3.28. The molecule has 0 saturated heterocycles. The van der Waals surface area contributed by atoms with Gasteiger partial charge in [0.2, 0.25) is 11.9 Å². The summed E-state index contributed by atoms with van der Waals surface area (Å²) in [7, 11) is 1.53. The van der Waals surface area contributed by atoms with Crippen LogP contribution in [0, 0.1) is 0 Å². The summed E-state index contributed by atoms with van der Waals surface area (Å²) in [5, 5.41) is 6.24. The van der Waals surface area contributed by atoms with Gasteiger partial charge in [0.05, 0.1) is 12.8 Å². The predicted molar refractivity (Wildman–Crippen MR) is 82.0 cm³/mol. The van der Waals surface area contributed by atoms with Crippen LogP contribution in [0.3, 0.4) is 0 Å². The number of ether oxygens (including phenoxy) is 1. The molecule has 0 aliphatic heterocycles. The quantitative estimate of drug-likeness (QED) is 0.793. The van der Waals surface area contributed by atoms with E-state index in [9.17, 15) is 0 Å². The SMILES string of the molecule is CCNc1nc(Nc2ccccc2SC)nc(OC)n1. The van der Waals surface area contributed by atoms with Crippen molar-refractivity contribution in [2.45, 2.75) is 11.8 Å². The zero-order valence-corrected chi connectivity index (χ0v) is 12.5. The van der Waals surface area contributed by atoms with Crippen LogP contribution in [-0.2, 0) is 0 Å². The number of aromatic nitrogens is 3. The van der Waals surface area contributed by atoms with Gasteiger partial charge < -0.3 is 15.4 Å². The maximum Gasteiger partial charge on any atom is 0.322 e. The van der Waals surface area contributed by atoms with Gasteiger partial charge in [-0.1, -0.05) is 12.1 Å². The van der Waals surface area contributed by atoms with Gasteiger partial charge in [-0.25, -0.2) is 0 Å². The molecule has 0 spiro atoms. The van der Waals surface area contributed by atoms with E-state index in [1.165, 1.54) is 7.11 Å². The Morgan fingerprint density at radius 3 is 2.60 bits per heavy atom. The third-order valence-electron chi connectivity index (χ3n) is 2.49. The van der Waals surface area contributed by atoms with Crippen LogP contribution in [0.25, 0.3) is 0 Å². The van der Waals surface area contributed by atoms with Gasteiger partial charge in [0, 0.05) is 11.4 Å². The minimum atomic E-state index is 0.278. The Bertz CT molecular complexity index is 578. The highest BCUT2D eigenvalue weighted by Gasteiger charge is 2.08. The normalized spacial score (nSPS) is 10.2. The molecule has 0 saturated carbocycles. The highest BCUT2D eigenvalue weighted by molar-refractivity contribution is 7.98. The first kappa shape index (κ1) is 14.4. The van der Waals surface area contributed by atoms with E-state index in [0.717, 1.165) is 17.1 Å². The van der Waals surface area contributed by atoms with Gasteiger partial charge in [0.25, 0.3) is 0 Å². The predicted octanol–water partition coefficient (Wildman–Crippen LogP) is 2.78. The standard InChI is InChI=1S/C13H17N5OS/c1-4-14-11-16-12(18-13(17-11)19-2)15-9-7-5-6-8-10(9)20-3/h5-8H,4H2,1-3H3,(H2,14,15,16,17,18). The second kappa shape index (κ2) is 6.95. The van der Waals surface area contributed by atoms with Crippen molar-refractivity contribution in [1.29, 1.82) is 0 Å². The summed E-state index contributed by atoms with van der Waals surface area (Å²) in [6.07, 6.45) is 2.03. The number of anilines is 3. The Kier molecular flexibility index (Phi) is 5.00. The van der Waals surface area contributed by atoms with Crippen LogP contribution in [0.1, 0.15) is 6.92 Å². The summed E-state index contributed by atoms with van der Waals surface area (Å²) in [6, 6.07) is 8.26. The van der Waals surface area contributed by atoms with Crippen molar-refractivity contribution in [2.75, 3.05) is 30.5 Å². The molecule has 1 aromatic heterocycles. The van der Waals surface area contributed by atoms with Crippen LogP contribution >= 0.6 is 11.8 Å². The first-order valence-corrected chi connectivity index (χ1v) is 7.43. The van der Waals surface area contributed by atoms with Gasteiger partial charge >= 0.3 is 6.01 Å². The molecular weight excluding hydrogens is 274 g/mol. The Hall–Kier alpha value is -2.02. The van der Waals surface area contributed by atoms with Gasteiger partial charge in [0.1, 0.15) is 0 Å². The van der Waals surface area contributed by atoms with Crippen molar-refractivity contribution in [3.05, 3.63) is 24.3 Å². The van der Waals surface area contributed by atoms with E-state index >= 15 is 0 Å². The summed E-state index contributed by atoms with van der Waals surface area (Å²) < 4.78 is 5.09. The minimum Gasteiger partial charge on any atom is -0.467 e. The van der Waals surface area contributed by atoms with Gasteiger partial charge in [0.15, 0.2) is 0 Å². The molecule has 0 atom stereocenters. The number of para-hydroxylation sites is 1. The van der Waals surface area contributed by atoms with Crippen molar-refractivity contribution < 1.29 is 4.74 Å². The molecule has 0 unspecified atom stereocenters. The van der Waals surface area contributed by atoms with Crippen molar-refractivity contribution in [1.82, 2.24) is 15.0 Å². The molecule has 0 bridgehead atoms. The van der Waals surface area contributed by atoms with Crippen LogP contribution in [0.15, 0.2) is 29.2 Å². The van der Waals surface area contributed by atoms with Gasteiger partial charge in [-0.05, 0) is 25.3 Å². The lowest BCUT2D eigenvalue weighted by molar-refractivity contribution is 0.379. The lowest BCUT2D eigenvalue weighted by atomic mass is 10.3. The van der Waals surface area contributed by atoms with E-state index in [0.29, 0.717) is 11.9 Å². The molecule has 0 aliphatic carbocycles. The van der Waals surface area contributed by atoms with Crippen molar-refractivity contribution >= 4 is 29.3 Å². The van der Waals surface area contributed by atoms with Crippen LogP contribution in [0.5, 0.6) is 6.01 Å². The summed E-state index contributed by atoms with van der Waals surface area (Å²) >= 11 is 1.66. The lowest BCUT2D eigenvalue weighted by Gasteiger charge is -2.10. The molecule has 2 rings (SSSR count). The number of methoxy groups -OCH3 is 1. The first-order chi connectivity index (χ1) is 9.76. The van der Waals surface area contributed by atoms with E-state index in [4.69, 9.17) is 4.74 Å². The fourth-order valence-electron chi connectivity index (χ4n) is 1.61. The fourth-order valence-corrected chi connectivity index (χ4v) is 2.16. The van der Waals surface area contributed by atoms with E-state index in [-0.39, 0.29) is 6.01 Å². The van der Waals surface area contributed by atoms with E-state index in [1.54, 1.807) is 11.8 Å². The van der Waals surface area contributed by atoms with Gasteiger partial charge in [-0.2, -0.15) is 15.0 Å². The second-order valence-corrected chi connectivity index (χ2v) is 4.67. The second-order valence-electron chi connectivity index (χ2n) is 3.82. The largest absolute Gasteiger partial charge is 0.467 e. The minimum absolute atomic E-state index is 0.278. The van der Waals surface area contributed by atoms with E-state index in [2.05, 4.69) is 25.6 Å². The van der Waals surface area contributed by atoms with Crippen LogP contribution in [-0.4, -0.2) is 34.9 Å². The molecule has 2 N–H and O–H groups in total. The molecule has 0 amide bonds. The number of hydrogen-bond donors (Lipinski definition) is 2. The van der Waals surface area contributed by atoms with Gasteiger partial charge in [-0.15, -0.1) is 11.8 Å². The molecule has 106 valence electrons. The number of thioether (sulfide) groups is 1. The fraction of sp³-hybridized carbons (Fsp3) is 0.308. The summed E-state index contributed by atoms with van der Waals surface area (Å²) in [5.41, 5.74) is 0.954. The molecular formula is C13H17N5OS. The molecule has 7 heteroatoms. The van der Waals surface area contributed by atoms with Crippen molar-refractivity contribution in [3.8, 4) is 6.01 Å². The Morgan fingerprint density at radius 2 is 1.90 bits per heavy atom. The first-order valence-electron chi connectivity index (χ1n) is 6.20. The Balaban J connectivity index is 2.30. The van der Waals surface area contributed by atoms with Crippen molar-refractivity contribution in [3.63, 3.8) is 0 Å². The maximum atomic E-state index is 5.09. The number of nitrogens with one attached hydrogen (secondary N) is 2. The Morgan fingerprint density at radius 1 is 1.15 bits per heavy atom. The molecule has 0 fully saturated rings. The topological polar surface area (TPSA) is 72.0 Å². The number of rotatable bonds is 6. The number of nitrogens with zero attached hydrogens (tertiary/aromatic N) is 3. The van der Waals surface area contributed by atoms with Gasteiger partial charge in [-0.3, -0.25) is 0 Å². The number of hydrogen-bond acceptors (Lipinski definition) is 7. The summed E-state index contributed by atoms with van der Waals surface area (Å²) in [6.45, 7) is 2.71. The van der Waals surface area contributed by atoms with E-state index < -0.39 is 0 Å². The van der Waals surface area contributed by atoms with Crippen LogP contribution < -0.4 is 15.4 Å². The summed E-state index contributed by atoms with van der Waals surface area (Å²) in [4.78, 5) is 13.8. The average Bonchev–Trinajstić information content (AvgIpc) is 2.48. The third kappa shape index (κ3) is 3.51. The molecule has 6 nitrogen and oxygen atoms in total. The monoisotopic (exact) mass is 291 g/mol. The molecule has 0 radical (unpaired) electrons. The van der Waals surface area contributed by atoms with Crippen LogP contribution in [0.4, 0.5) is 17.6 Å². The maximum absolute atomic E-state index is 5.09. The zero-order valence-electron chi connectivity index (χ0n) is 11.7. The Labute approximate surface area is 122 Å². The number of benzene rings is 1. The molecule has 0 aliphatic rings. The van der Waals surface area contributed by atoms with Crippen molar-refractivity contribution in [2.24, 2.45) is 0 Å². The molecule has 2 aromatic rings. The van der Waals surface area contributed by atoms with E-state index in [1.807, 2.05) is 37.4 Å². The zero-order chi connectivity index (χ0) is 14.4. The molecule has 1 aromatic carbocycles. The molecule has 1 heterocycles. The average molecular weight is 291 g/mol. The highest BCUT2D eigenvalue weighted by Crippen LogP contribution is 2.27. The van der Waals surface area contributed by atoms with Crippen LogP contribution in [0.2, 0.25) is 0 Å².